The molecule has 6 heteroatoms. The fourth-order valence-corrected chi connectivity index (χ4v) is 3.23. The highest BCUT2D eigenvalue weighted by atomic mass is 19.1. The highest BCUT2D eigenvalue weighted by molar-refractivity contribution is 5.66. The van der Waals surface area contributed by atoms with Gasteiger partial charge in [-0.05, 0) is 37.2 Å². The number of likely N-dealkylation sites (N-methyl/N-ethyl adjacent to an activating group) is 1. The molecule has 0 amide bonds. The first-order chi connectivity index (χ1) is 11.4. The van der Waals surface area contributed by atoms with E-state index in [-0.39, 0.29) is 30.1 Å². The molecular weight excluding hydrogens is 320 g/mol. The van der Waals surface area contributed by atoms with Gasteiger partial charge in [-0.2, -0.15) is 0 Å². The van der Waals surface area contributed by atoms with Crippen molar-refractivity contribution in [3.63, 3.8) is 0 Å². The Bertz CT molecular complexity index is 750. The molecule has 3 unspecified atom stereocenters. The van der Waals surface area contributed by atoms with Crippen LogP contribution in [0.15, 0.2) is 36.4 Å². The second-order valence-corrected chi connectivity index (χ2v) is 6.21. The van der Waals surface area contributed by atoms with Crippen LogP contribution >= 0.6 is 0 Å². The van der Waals surface area contributed by atoms with Crippen LogP contribution in [0.25, 0.3) is 11.1 Å². The smallest absolute Gasteiger partial charge is 0.134 e. The molecule has 2 nitrogen and oxygen atoms in total. The SMILES string of the molecule is CN1CC(F)C(N)C1Cc1cccc(-c2cc(F)ccc2F)c1F. The maximum atomic E-state index is 14.8. The molecule has 128 valence electrons. The van der Waals surface area contributed by atoms with E-state index in [0.29, 0.717) is 5.56 Å². The van der Waals surface area contributed by atoms with Gasteiger partial charge in [-0.1, -0.05) is 18.2 Å². The molecule has 1 fully saturated rings. The van der Waals surface area contributed by atoms with Crippen LogP contribution in [0.1, 0.15) is 5.56 Å². The van der Waals surface area contributed by atoms with Gasteiger partial charge in [-0.15, -0.1) is 0 Å². The Morgan fingerprint density at radius 1 is 1.12 bits per heavy atom. The fourth-order valence-electron chi connectivity index (χ4n) is 3.23. The van der Waals surface area contributed by atoms with E-state index in [9.17, 15) is 17.6 Å². The number of benzene rings is 2. The van der Waals surface area contributed by atoms with E-state index >= 15 is 0 Å². The summed E-state index contributed by atoms with van der Waals surface area (Å²) in [5, 5.41) is 0. The predicted octanol–water partition coefficient (Wildman–Crippen LogP) is 3.29. The van der Waals surface area contributed by atoms with E-state index in [1.54, 1.807) is 24.1 Å². The summed E-state index contributed by atoms with van der Waals surface area (Å²) in [5.74, 6) is -1.98. The number of likely N-dealkylation sites (tertiary alicyclic amines) is 1. The molecule has 0 bridgehead atoms. The average molecular weight is 338 g/mol. The second kappa shape index (κ2) is 6.53. The van der Waals surface area contributed by atoms with E-state index in [0.717, 1.165) is 18.2 Å². The minimum absolute atomic E-state index is 0.0180. The molecule has 0 aromatic heterocycles. The van der Waals surface area contributed by atoms with Crippen LogP contribution in [0.3, 0.4) is 0 Å². The van der Waals surface area contributed by atoms with Crippen molar-refractivity contribution in [1.82, 2.24) is 4.90 Å². The number of halogens is 4. The normalized spacial score (nSPS) is 24.5. The molecule has 3 rings (SSSR count). The lowest BCUT2D eigenvalue weighted by Crippen LogP contribution is -2.41. The third kappa shape index (κ3) is 3.03. The Labute approximate surface area is 137 Å². The van der Waals surface area contributed by atoms with Gasteiger partial charge >= 0.3 is 0 Å². The van der Waals surface area contributed by atoms with Gasteiger partial charge in [0.15, 0.2) is 0 Å². The first-order valence-corrected chi connectivity index (χ1v) is 7.71. The van der Waals surface area contributed by atoms with Gasteiger partial charge in [0.1, 0.15) is 23.6 Å². The number of alkyl halides is 1. The maximum Gasteiger partial charge on any atom is 0.134 e. The highest BCUT2D eigenvalue weighted by Crippen LogP contribution is 2.30. The van der Waals surface area contributed by atoms with Crippen LogP contribution in [0.2, 0.25) is 0 Å². The molecule has 1 aliphatic rings. The molecule has 0 spiro atoms. The van der Waals surface area contributed by atoms with Gasteiger partial charge in [-0.3, -0.25) is 4.90 Å². The molecule has 2 aromatic rings. The summed E-state index contributed by atoms with van der Waals surface area (Å²) in [6, 6.07) is 6.38. The summed E-state index contributed by atoms with van der Waals surface area (Å²) in [4.78, 5) is 1.75. The molecular formula is C18H18F4N2. The van der Waals surface area contributed by atoms with Gasteiger partial charge in [0.2, 0.25) is 0 Å². The van der Waals surface area contributed by atoms with E-state index in [1.807, 2.05) is 0 Å². The van der Waals surface area contributed by atoms with Crippen molar-refractivity contribution in [3.05, 3.63) is 59.4 Å². The van der Waals surface area contributed by atoms with Crippen molar-refractivity contribution in [2.75, 3.05) is 13.6 Å². The van der Waals surface area contributed by atoms with Crippen LogP contribution < -0.4 is 5.73 Å². The maximum absolute atomic E-state index is 14.8. The molecule has 2 N–H and O–H groups in total. The van der Waals surface area contributed by atoms with Gasteiger partial charge < -0.3 is 5.73 Å². The third-order valence-corrected chi connectivity index (χ3v) is 4.62. The molecule has 1 heterocycles. The monoisotopic (exact) mass is 338 g/mol. The number of rotatable bonds is 3. The van der Waals surface area contributed by atoms with Crippen molar-refractivity contribution in [2.24, 2.45) is 5.73 Å². The quantitative estimate of drug-likeness (QED) is 0.870. The molecule has 3 atom stereocenters. The minimum Gasteiger partial charge on any atom is -0.324 e. The Morgan fingerprint density at radius 2 is 1.88 bits per heavy atom. The summed E-state index contributed by atoms with van der Waals surface area (Å²) in [6.07, 6.45) is -0.957. The van der Waals surface area contributed by atoms with E-state index in [4.69, 9.17) is 5.73 Å². The Hall–Kier alpha value is -1.92. The first-order valence-electron chi connectivity index (χ1n) is 7.71. The molecule has 2 aromatic carbocycles. The molecule has 1 saturated heterocycles. The Morgan fingerprint density at radius 3 is 2.54 bits per heavy atom. The highest BCUT2D eigenvalue weighted by Gasteiger charge is 2.38. The van der Waals surface area contributed by atoms with Crippen molar-refractivity contribution in [2.45, 2.75) is 24.7 Å². The number of nitrogens with zero attached hydrogens (tertiary/aromatic N) is 1. The Kier molecular flexibility index (Phi) is 4.60. The molecule has 1 aliphatic heterocycles. The van der Waals surface area contributed by atoms with Crippen molar-refractivity contribution >= 4 is 0 Å². The summed E-state index contributed by atoms with van der Waals surface area (Å²) < 4.78 is 55.9. The lowest BCUT2D eigenvalue weighted by atomic mass is 9.95. The lowest BCUT2D eigenvalue weighted by Gasteiger charge is -2.23. The first kappa shape index (κ1) is 16.9. The Balaban J connectivity index is 1.96. The van der Waals surface area contributed by atoms with Gasteiger partial charge in [-0.25, -0.2) is 17.6 Å². The minimum atomic E-state index is -1.16. The lowest BCUT2D eigenvalue weighted by molar-refractivity contribution is 0.290. The largest absolute Gasteiger partial charge is 0.324 e. The van der Waals surface area contributed by atoms with E-state index < -0.39 is 29.7 Å². The molecule has 24 heavy (non-hydrogen) atoms. The van der Waals surface area contributed by atoms with Crippen molar-refractivity contribution in [1.29, 1.82) is 0 Å². The van der Waals surface area contributed by atoms with Crippen molar-refractivity contribution < 1.29 is 17.6 Å². The summed E-state index contributed by atoms with van der Waals surface area (Å²) in [7, 11) is 1.73. The van der Waals surface area contributed by atoms with Gasteiger partial charge in [0, 0.05) is 23.7 Å². The summed E-state index contributed by atoms with van der Waals surface area (Å²) in [6.45, 7) is 0.200. The number of nitrogens with two attached hydrogens (primary N) is 1. The topological polar surface area (TPSA) is 29.3 Å². The molecule has 0 radical (unpaired) electrons. The summed E-state index contributed by atoms with van der Waals surface area (Å²) in [5.41, 5.74) is 6.00. The van der Waals surface area contributed by atoms with E-state index in [1.165, 1.54) is 6.07 Å². The number of hydrogen-bond acceptors (Lipinski definition) is 2. The van der Waals surface area contributed by atoms with Crippen molar-refractivity contribution in [3.8, 4) is 11.1 Å². The van der Waals surface area contributed by atoms with Crippen LogP contribution in [-0.4, -0.2) is 36.7 Å². The van der Waals surface area contributed by atoms with Gasteiger partial charge in [0.25, 0.3) is 0 Å². The van der Waals surface area contributed by atoms with Crippen LogP contribution in [0.5, 0.6) is 0 Å². The standard InChI is InChI=1S/C18H18F4N2/c1-24-9-15(21)18(23)16(24)7-10-3-2-4-12(17(10)22)13-8-11(19)5-6-14(13)20/h2-6,8,15-16,18H,7,9,23H2,1H3. The fraction of sp³-hybridized carbons (Fsp3) is 0.333. The predicted molar refractivity (Wildman–Crippen MR) is 84.7 cm³/mol. The van der Waals surface area contributed by atoms with Crippen LogP contribution in [0, 0.1) is 17.5 Å². The van der Waals surface area contributed by atoms with Crippen LogP contribution in [0.4, 0.5) is 17.6 Å². The average Bonchev–Trinajstić information content (AvgIpc) is 2.78. The summed E-state index contributed by atoms with van der Waals surface area (Å²) >= 11 is 0. The molecule has 0 saturated carbocycles. The second-order valence-electron chi connectivity index (χ2n) is 6.21. The van der Waals surface area contributed by atoms with Crippen LogP contribution in [-0.2, 0) is 6.42 Å². The zero-order valence-corrected chi connectivity index (χ0v) is 13.1. The zero-order valence-electron chi connectivity index (χ0n) is 13.1. The third-order valence-electron chi connectivity index (χ3n) is 4.62. The molecule has 0 aliphatic carbocycles. The van der Waals surface area contributed by atoms with Gasteiger partial charge in [0.05, 0.1) is 6.04 Å². The van der Waals surface area contributed by atoms with E-state index in [2.05, 4.69) is 0 Å². The zero-order chi connectivity index (χ0) is 17.4. The number of hydrogen-bond donors (Lipinski definition) is 1.